The zero-order chi connectivity index (χ0) is 14.3. The van der Waals surface area contributed by atoms with Gasteiger partial charge in [0, 0.05) is 24.3 Å². The third-order valence-corrected chi connectivity index (χ3v) is 2.88. The molecule has 1 aromatic rings. The third-order valence-electron chi connectivity index (χ3n) is 2.88. The van der Waals surface area contributed by atoms with Crippen LogP contribution in [0.5, 0.6) is 0 Å². The van der Waals surface area contributed by atoms with Crippen molar-refractivity contribution in [3.63, 3.8) is 0 Å². The molecule has 0 radical (unpaired) electrons. The van der Waals surface area contributed by atoms with E-state index in [9.17, 15) is 9.59 Å². The summed E-state index contributed by atoms with van der Waals surface area (Å²) in [4.78, 5) is 23.6. The van der Waals surface area contributed by atoms with Gasteiger partial charge in [0.25, 0.3) is 5.91 Å². The largest absolute Gasteiger partial charge is 0.352 e. The van der Waals surface area contributed by atoms with Crippen LogP contribution in [0.25, 0.3) is 0 Å². The van der Waals surface area contributed by atoms with Crippen molar-refractivity contribution in [2.75, 3.05) is 18.4 Å². The average molecular weight is 263 g/mol. The second-order valence-electron chi connectivity index (χ2n) is 4.27. The lowest BCUT2D eigenvalue weighted by Gasteiger charge is -2.13. The summed E-state index contributed by atoms with van der Waals surface area (Å²) >= 11 is 0. The van der Waals surface area contributed by atoms with Gasteiger partial charge in [0.1, 0.15) is 0 Å². The molecule has 0 aliphatic carbocycles. The van der Waals surface area contributed by atoms with E-state index in [1.165, 1.54) is 0 Å². The highest BCUT2D eigenvalue weighted by molar-refractivity contribution is 5.97. The first kappa shape index (κ1) is 15.2. The van der Waals surface area contributed by atoms with Crippen LogP contribution in [0.3, 0.4) is 0 Å². The Kier molecular flexibility index (Phi) is 6.02. The minimum atomic E-state index is -0.201. The van der Waals surface area contributed by atoms with Gasteiger partial charge in [0.15, 0.2) is 0 Å². The predicted octanol–water partition coefficient (Wildman–Crippen LogP) is 1.36. The standard InChI is InChI=1S/C14H21N3O2/c1-3-10(9-15)14(19)17-12-7-5-6-11(8-12)13(18)16-4-2/h5-8,10H,3-4,9,15H2,1-2H3,(H,16,18)(H,17,19). The highest BCUT2D eigenvalue weighted by Crippen LogP contribution is 2.13. The van der Waals surface area contributed by atoms with Gasteiger partial charge in [-0.25, -0.2) is 0 Å². The molecule has 2 amide bonds. The molecular formula is C14H21N3O2. The summed E-state index contributed by atoms with van der Waals surface area (Å²) in [7, 11) is 0. The van der Waals surface area contributed by atoms with Crippen LogP contribution >= 0.6 is 0 Å². The fourth-order valence-corrected chi connectivity index (χ4v) is 1.70. The minimum absolute atomic E-state index is 0.113. The monoisotopic (exact) mass is 263 g/mol. The smallest absolute Gasteiger partial charge is 0.251 e. The van der Waals surface area contributed by atoms with E-state index < -0.39 is 0 Å². The SMILES string of the molecule is CCNC(=O)c1cccc(NC(=O)C(CC)CN)c1. The number of hydrogen-bond acceptors (Lipinski definition) is 3. The van der Waals surface area contributed by atoms with E-state index in [4.69, 9.17) is 5.73 Å². The van der Waals surface area contributed by atoms with E-state index >= 15 is 0 Å². The molecule has 5 heteroatoms. The van der Waals surface area contributed by atoms with Crippen molar-refractivity contribution in [1.29, 1.82) is 0 Å². The van der Waals surface area contributed by atoms with Crippen LogP contribution < -0.4 is 16.4 Å². The Morgan fingerprint density at radius 3 is 2.63 bits per heavy atom. The number of rotatable bonds is 6. The van der Waals surface area contributed by atoms with E-state index in [0.717, 1.165) is 0 Å². The molecular weight excluding hydrogens is 242 g/mol. The van der Waals surface area contributed by atoms with E-state index in [1.54, 1.807) is 24.3 Å². The fraction of sp³-hybridized carbons (Fsp3) is 0.429. The summed E-state index contributed by atoms with van der Waals surface area (Å²) in [5.41, 5.74) is 6.67. The Morgan fingerprint density at radius 2 is 2.05 bits per heavy atom. The van der Waals surface area contributed by atoms with Gasteiger partial charge in [-0.05, 0) is 31.5 Å². The second kappa shape index (κ2) is 7.53. The molecule has 1 rings (SSSR count). The summed E-state index contributed by atoms with van der Waals surface area (Å²) in [6.07, 6.45) is 0.693. The van der Waals surface area contributed by atoms with Crippen molar-refractivity contribution >= 4 is 17.5 Å². The lowest BCUT2D eigenvalue weighted by Crippen LogP contribution is -2.29. The molecule has 0 spiro atoms. The van der Waals surface area contributed by atoms with Gasteiger partial charge in [0.05, 0.1) is 5.92 Å². The van der Waals surface area contributed by atoms with Crippen LogP contribution in [-0.2, 0) is 4.79 Å². The van der Waals surface area contributed by atoms with Gasteiger partial charge in [-0.2, -0.15) is 0 Å². The van der Waals surface area contributed by atoms with Crippen LogP contribution in [0, 0.1) is 5.92 Å². The zero-order valence-electron chi connectivity index (χ0n) is 11.4. The molecule has 5 nitrogen and oxygen atoms in total. The van der Waals surface area contributed by atoms with Crippen LogP contribution in [0.4, 0.5) is 5.69 Å². The maximum absolute atomic E-state index is 11.9. The Morgan fingerprint density at radius 1 is 1.32 bits per heavy atom. The van der Waals surface area contributed by atoms with Crippen molar-refractivity contribution in [2.24, 2.45) is 11.7 Å². The Labute approximate surface area is 113 Å². The van der Waals surface area contributed by atoms with E-state index in [1.807, 2.05) is 13.8 Å². The first-order chi connectivity index (χ1) is 9.12. The molecule has 0 heterocycles. The molecule has 0 aliphatic heterocycles. The Bertz CT molecular complexity index is 442. The van der Waals surface area contributed by atoms with Gasteiger partial charge in [-0.15, -0.1) is 0 Å². The maximum atomic E-state index is 11.9. The third kappa shape index (κ3) is 4.37. The molecule has 0 aromatic heterocycles. The molecule has 104 valence electrons. The first-order valence-electron chi connectivity index (χ1n) is 6.51. The van der Waals surface area contributed by atoms with Crippen molar-refractivity contribution < 1.29 is 9.59 Å². The highest BCUT2D eigenvalue weighted by Gasteiger charge is 2.15. The number of carbonyl (C=O) groups excluding carboxylic acids is 2. The van der Waals surface area contributed by atoms with Crippen LogP contribution in [0.2, 0.25) is 0 Å². The molecule has 0 fully saturated rings. The Balaban J connectivity index is 2.77. The number of hydrogen-bond donors (Lipinski definition) is 3. The van der Waals surface area contributed by atoms with Crippen molar-refractivity contribution in [1.82, 2.24) is 5.32 Å². The van der Waals surface area contributed by atoms with Gasteiger partial charge >= 0.3 is 0 Å². The number of amides is 2. The van der Waals surface area contributed by atoms with Crippen molar-refractivity contribution in [3.05, 3.63) is 29.8 Å². The normalized spacial score (nSPS) is 11.7. The number of nitrogens with one attached hydrogen (secondary N) is 2. The molecule has 0 saturated heterocycles. The summed E-state index contributed by atoms with van der Waals surface area (Å²) < 4.78 is 0. The molecule has 1 aromatic carbocycles. The number of benzene rings is 1. The molecule has 1 unspecified atom stereocenters. The van der Waals surface area contributed by atoms with Crippen LogP contribution in [-0.4, -0.2) is 24.9 Å². The molecule has 0 bridgehead atoms. The maximum Gasteiger partial charge on any atom is 0.251 e. The predicted molar refractivity (Wildman–Crippen MR) is 75.9 cm³/mol. The first-order valence-corrected chi connectivity index (χ1v) is 6.51. The highest BCUT2D eigenvalue weighted by atomic mass is 16.2. The molecule has 4 N–H and O–H groups in total. The summed E-state index contributed by atoms with van der Waals surface area (Å²) in [5.74, 6) is -0.462. The topological polar surface area (TPSA) is 84.2 Å². The van der Waals surface area contributed by atoms with Crippen LogP contribution in [0.15, 0.2) is 24.3 Å². The summed E-state index contributed by atoms with van der Waals surface area (Å²) in [5, 5.41) is 5.50. The van der Waals surface area contributed by atoms with E-state index in [-0.39, 0.29) is 17.7 Å². The summed E-state index contributed by atoms with van der Waals surface area (Å²) in [6.45, 7) is 4.66. The van der Waals surface area contributed by atoms with E-state index in [0.29, 0.717) is 30.8 Å². The van der Waals surface area contributed by atoms with E-state index in [2.05, 4.69) is 10.6 Å². The molecule has 1 atom stereocenters. The van der Waals surface area contributed by atoms with Gasteiger partial charge in [0.2, 0.25) is 5.91 Å². The average Bonchev–Trinajstić information content (AvgIpc) is 2.40. The lowest BCUT2D eigenvalue weighted by atomic mass is 10.1. The number of carbonyl (C=O) groups is 2. The van der Waals surface area contributed by atoms with Crippen LogP contribution in [0.1, 0.15) is 30.6 Å². The second-order valence-corrected chi connectivity index (χ2v) is 4.27. The van der Waals surface area contributed by atoms with Gasteiger partial charge in [-0.1, -0.05) is 13.0 Å². The lowest BCUT2D eigenvalue weighted by molar-refractivity contribution is -0.119. The molecule has 19 heavy (non-hydrogen) atoms. The zero-order valence-corrected chi connectivity index (χ0v) is 11.4. The summed E-state index contributed by atoms with van der Waals surface area (Å²) in [6, 6.07) is 6.86. The molecule has 0 saturated carbocycles. The van der Waals surface area contributed by atoms with Gasteiger partial charge in [-0.3, -0.25) is 9.59 Å². The number of anilines is 1. The van der Waals surface area contributed by atoms with Crippen molar-refractivity contribution in [2.45, 2.75) is 20.3 Å². The number of nitrogens with two attached hydrogens (primary N) is 1. The Hall–Kier alpha value is -1.88. The quantitative estimate of drug-likeness (QED) is 0.724. The fourth-order valence-electron chi connectivity index (χ4n) is 1.70. The minimum Gasteiger partial charge on any atom is -0.352 e. The van der Waals surface area contributed by atoms with Crippen molar-refractivity contribution in [3.8, 4) is 0 Å². The van der Waals surface area contributed by atoms with Gasteiger partial charge < -0.3 is 16.4 Å². The molecule has 0 aliphatic rings.